The Hall–Kier alpha value is -2.08. The molecule has 0 aromatic heterocycles. The molecule has 6 heteroatoms. The highest BCUT2D eigenvalue weighted by Gasteiger charge is 2.14. The van der Waals surface area contributed by atoms with Crippen molar-refractivity contribution < 1.29 is 9.53 Å². The maximum Gasteiger partial charge on any atom is 0.242 e. The van der Waals surface area contributed by atoms with Gasteiger partial charge in [0.25, 0.3) is 0 Å². The summed E-state index contributed by atoms with van der Waals surface area (Å²) in [5.41, 5.74) is 1.14. The smallest absolute Gasteiger partial charge is 0.242 e. The highest BCUT2D eigenvalue weighted by atomic mass is 16.5. The van der Waals surface area contributed by atoms with Gasteiger partial charge in [0.05, 0.1) is 12.6 Å². The maximum atomic E-state index is 12.5. The highest BCUT2D eigenvalue weighted by molar-refractivity contribution is 5.86. The minimum atomic E-state index is 0.0648. The molecule has 0 atom stereocenters. The lowest BCUT2D eigenvalue weighted by Crippen LogP contribution is -2.44. The molecule has 0 spiro atoms. The first-order valence-corrected chi connectivity index (χ1v) is 10.6. The van der Waals surface area contributed by atoms with Crippen LogP contribution in [0, 0.1) is 0 Å². The van der Waals surface area contributed by atoms with Crippen molar-refractivity contribution in [1.82, 2.24) is 15.5 Å². The van der Waals surface area contributed by atoms with Crippen LogP contribution in [0.1, 0.15) is 51.0 Å². The topological polar surface area (TPSA) is 66.0 Å². The van der Waals surface area contributed by atoms with Crippen molar-refractivity contribution in [1.29, 1.82) is 0 Å². The third-order valence-electron chi connectivity index (χ3n) is 5.10. The Balaban J connectivity index is 1.62. The molecule has 0 radical (unpaired) electrons. The monoisotopic (exact) mass is 388 g/mol. The summed E-state index contributed by atoms with van der Waals surface area (Å²) in [4.78, 5) is 18.6. The van der Waals surface area contributed by atoms with E-state index in [1.807, 2.05) is 42.2 Å². The number of nitrogens with one attached hydrogen (secondary N) is 2. The van der Waals surface area contributed by atoms with Crippen molar-refractivity contribution >= 4 is 11.9 Å². The zero-order chi connectivity index (χ0) is 20.0. The first-order valence-electron chi connectivity index (χ1n) is 10.6. The normalized spacial score (nSPS) is 15.3. The molecule has 1 aromatic carbocycles. The van der Waals surface area contributed by atoms with Crippen molar-refractivity contribution in [2.45, 2.75) is 58.1 Å². The number of guanidine groups is 1. The predicted molar refractivity (Wildman–Crippen MR) is 114 cm³/mol. The quantitative estimate of drug-likeness (QED) is 0.367. The SMILES string of the molecule is CCN(Cc1ccccc1)C(=O)CNC(=NC)NCCCOC1CCCCC1. The third kappa shape index (κ3) is 8.30. The van der Waals surface area contributed by atoms with Crippen LogP contribution in [0.15, 0.2) is 35.3 Å². The Morgan fingerprint density at radius 1 is 1.18 bits per heavy atom. The highest BCUT2D eigenvalue weighted by Crippen LogP contribution is 2.20. The zero-order valence-corrected chi connectivity index (χ0v) is 17.5. The standard InChI is InChI=1S/C22H36N4O2/c1-3-26(18-19-11-6-4-7-12-19)21(27)17-25-22(23-2)24-15-10-16-28-20-13-8-5-9-14-20/h4,6-7,11-12,20H,3,5,8-10,13-18H2,1-2H3,(H2,23,24,25). The van der Waals surface area contributed by atoms with Gasteiger partial charge >= 0.3 is 0 Å². The molecule has 1 aliphatic rings. The van der Waals surface area contributed by atoms with E-state index in [2.05, 4.69) is 15.6 Å². The number of hydrogen-bond acceptors (Lipinski definition) is 3. The maximum absolute atomic E-state index is 12.5. The van der Waals surface area contributed by atoms with Crippen molar-refractivity contribution in [3.63, 3.8) is 0 Å². The van der Waals surface area contributed by atoms with Gasteiger partial charge in [-0.15, -0.1) is 0 Å². The summed E-state index contributed by atoms with van der Waals surface area (Å²) in [6.07, 6.45) is 7.74. The molecule has 2 rings (SSSR count). The van der Waals surface area contributed by atoms with E-state index in [1.54, 1.807) is 7.05 Å². The van der Waals surface area contributed by atoms with Gasteiger partial charge in [-0.1, -0.05) is 49.6 Å². The number of rotatable bonds is 10. The van der Waals surface area contributed by atoms with Crippen LogP contribution in [0.25, 0.3) is 0 Å². The van der Waals surface area contributed by atoms with Gasteiger partial charge in [0.15, 0.2) is 5.96 Å². The first-order chi connectivity index (χ1) is 13.7. The molecule has 0 bridgehead atoms. The molecule has 1 saturated carbocycles. The number of aliphatic imine (C=N–C) groups is 1. The molecule has 1 aromatic rings. The van der Waals surface area contributed by atoms with Crippen LogP contribution in [0.5, 0.6) is 0 Å². The lowest BCUT2D eigenvalue weighted by molar-refractivity contribution is -0.130. The molecular formula is C22H36N4O2. The van der Waals surface area contributed by atoms with Gasteiger partial charge in [0.1, 0.15) is 0 Å². The molecule has 0 aliphatic heterocycles. The summed E-state index contributed by atoms with van der Waals surface area (Å²) in [7, 11) is 1.72. The van der Waals surface area contributed by atoms with Crippen molar-refractivity contribution in [3.8, 4) is 0 Å². The van der Waals surface area contributed by atoms with Crippen LogP contribution in [-0.4, -0.2) is 56.2 Å². The van der Waals surface area contributed by atoms with Gasteiger partial charge in [-0.2, -0.15) is 0 Å². The number of amides is 1. The number of ether oxygens (including phenoxy) is 1. The van der Waals surface area contributed by atoms with E-state index in [1.165, 1.54) is 32.1 Å². The Bertz CT molecular complexity index is 585. The number of nitrogens with zero attached hydrogens (tertiary/aromatic N) is 2. The van der Waals surface area contributed by atoms with Crippen LogP contribution < -0.4 is 10.6 Å². The number of benzene rings is 1. The molecule has 2 N–H and O–H groups in total. The molecule has 1 aliphatic carbocycles. The summed E-state index contributed by atoms with van der Waals surface area (Å²) in [5.74, 6) is 0.719. The minimum Gasteiger partial charge on any atom is -0.378 e. The first kappa shape index (κ1) is 22.2. The fraction of sp³-hybridized carbons (Fsp3) is 0.636. The molecule has 6 nitrogen and oxygen atoms in total. The van der Waals surface area contributed by atoms with Crippen LogP contribution >= 0.6 is 0 Å². The number of carbonyl (C=O) groups excluding carboxylic acids is 1. The number of carbonyl (C=O) groups is 1. The summed E-state index contributed by atoms with van der Waals surface area (Å²) >= 11 is 0. The average Bonchev–Trinajstić information content (AvgIpc) is 2.75. The average molecular weight is 389 g/mol. The lowest BCUT2D eigenvalue weighted by atomic mass is 9.98. The molecule has 1 amide bonds. The molecular weight excluding hydrogens is 352 g/mol. The number of likely N-dealkylation sites (N-methyl/N-ethyl adjacent to an activating group) is 1. The Labute approximate surface area is 169 Å². The molecule has 1 fully saturated rings. The largest absolute Gasteiger partial charge is 0.378 e. The molecule has 0 unspecified atom stereocenters. The molecule has 28 heavy (non-hydrogen) atoms. The fourth-order valence-corrected chi connectivity index (χ4v) is 3.43. The van der Waals surface area contributed by atoms with Gasteiger partial charge in [-0.3, -0.25) is 9.79 Å². The summed E-state index contributed by atoms with van der Waals surface area (Å²) < 4.78 is 5.94. The van der Waals surface area contributed by atoms with E-state index >= 15 is 0 Å². The summed E-state index contributed by atoms with van der Waals surface area (Å²) in [6, 6.07) is 10.1. The predicted octanol–water partition coefficient (Wildman–Crippen LogP) is 2.94. The van der Waals surface area contributed by atoms with E-state index in [9.17, 15) is 4.79 Å². The van der Waals surface area contributed by atoms with Crippen molar-refractivity contribution in [2.75, 3.05) is 33.3 Å². The third-order valence-corrected chi connectivity index (χ3v) is 5.10. The van der Waals surface area contributed by atoms with Gasteiger partial charge in [0, 0.05) is 33.3 Å². The minimum absolute atomic E-state index is 0.0648. The van der Waals surface area contributed by atoms with Crippen molar-refractivity contribution in [2.24, 2.45) is 4.99 Å². The second-order valence-corrected chi connectivity index (χ2v) is 7.23. The van der Waals surface area contributed by atoms with Crippen LogP contribution in [-0.2, 0) is 16.1 Å². The van der Waals surface area contributed by atoms with E-state index < -0.39 is 0 Å². The Morgan fingerprint density at radius 3 is 2.61 bits per heavy atom. The van der Waals surface area contributed by atoms with Crippen LogP contribution in [0.3, 0.4) is 0 Å². The Kier molecular flexibility index (Phi) is 10.4. The second kappa shape index (κ2) is 13.2. The molecule has 156 valence electrons. The zero-order valence-electron chi connectivity index (χ0n) is 17.5. The summed E-state index contributed by atoms with van der Waals surface area (Å²) in [5, 5.41) is 6.37. The number of hydrogen-bond donors (Lipinski definition) is 2. The van der Waals surface area contributed by atoms with Crippen LogP contribution in [0.2, 0.25) is 0 Å². The molecule has 0 heterocycles. The second-order valence-electron chi connectivity index (χ2n) is 7.23. The van der Waals surface area contributed by atoms with E-state index in [4.69, 9.17) is 4.74 Å². The van der Waals surface area contributed by atoms with Gasteiger partial charge in [-0.25, -0.2) is 0 Å². The van der Waals surface area contributed by atoms with Crippen molar-refractivity contribution in [3.05, 3.63) is 35.9 Å². The molecule has 0 saturated heterocycles. The summed E-state index contributed by atoms with van der Waals surface area (Å²) in [6.45, 7) is 5.10. The van der Waals surface area contributed by atoms with E-state index in [-0.39, 0.29) is 12.5 Å². The van der Waals surface area contributed by atoms with Gasteiger partial charge < -0.3 is 20.3 Å². The van der Waals surface area contributed by atoms with Gasteiger partial charge in [0.2, 0.25) is 5.91 Å². The van der Waals surface area contributed by atoms with Crippen LogP contribution in [0.4, 0.5) is 0 Å². The fourth-order valence-electron chi connectivity index (χ4n) is 3.43. The van der Waals surface area contributed by atoms with E-state index in [0.29, 0.717) is 25.2 Å². The van der Waals surface area contributed by atoms with E-state index in [0.717, 1.165) is 25.1 Å². The lowest BCUT2D eigenvalue weighted by Gasteiger charge is -2.22. The van der Waals surface area contributed by atoms with Gasteiger partial charge in [-0.05, 0) is 31.7 Å². The Morgan fingerprint density at radius 2 is 1.93 bits per heavy atom.